The summed E-state index contributed by atoms with van der Waals surface area (Å²) in [7, 11) is 0. The zero-order chi connectivity index (χ0) is 16.3. The van der Waals surface area contributed by atoms with Crippen LogP contribution in [0, 0.1) is 5.92 Å². The van der Waals surface area contributed by atoms with Crippen LogP contribution < -0.4 is 16.0 Å². The van der Waals surface area contributed by atoms with Gasteiger partial charge in [0, 0.05) is 32.7 Å². The summed E-state index contributed by atoms with van der Waals surface area (Å²) in [5.41, 5.74) is 0. The van der Waals surface area contributed by atoms with E-state index in [4.69, 9.17) is 4.74 Å². The van der Waals surface area contributed by atoms with Crippen LogP contribution in [0.4, 0.5) is 0 Å². The van der Waals surface area contributed by atoms with Crippen molar-refractivity contribution in [1.29, 1.82) is 0 Å². The molecule has 1 atom stereocenters. The molecule has 0 bridgehead atoms. The predicted molar refractivity (Wildman–Crippen MR) is 92.5 cm³/mol. The van der Waals surface area contributed by atoms with Crippen LogP contribution in [-0.4, -0.2) is 50.8 Å². The van der Waals surface area contributed by atoms with Gasteiger partial charge in [0.2, 0.25) is 5.91 Å². The number of ether oxygens (including phenoxy) is 1. The molecule has 3 N–H and O–H groups in total. The number of hydrogen-bond acceptors (Lipinski definition) is 3. The third-order valence-corrected chi connectivity index (χ3v) is 4.51. The Morgan fingerprint density at radius 1 is 1.09 bits per heavy atom. The molecular weight excluding hydrogens is 292 g/mol. The van der Waals surface area contributed by atoms with Gasteiger partial charge in [0.05, 0.1) is 12.6 Å². The van der Waals surface area contributed by atoms with E-state index >= 15 is 0 Å². The minimum atomic E-state index is 0.181. The molecule has 0 radical (unpaired) electrons. The number of nitrogens with one attached hydrogen (secondary N) is 3. The lowest BCUT2D eigenvalue weighted by molar-refractivity contribution is -0.121. The molecule has 1 aliphatic heterocycles. The van der Waals surface area contributed by atoms with E-state index < -0.39 is 0 Å². The quantitative estimate of drug-likeness (QED) is 0.359. The number of hydrogen-bond donors (Lipinski definition) is 3. The molecule has 0 aromatic rings. The first kappa shape index (κ1) is 18.0. The van der Waals surface area contributed by atoms with Gasteiger partial charge in [-0.1, -0.05) is 12.8 Å². The van der Waals surface area contributed by atoms with E-state index in [-0.39, 0.29) is 12.0 Å². The highest BCUT2D eigenvalue weighted by Gasteiger charge is 2.18. The van der Waals surface area contributed by atoms with Crippen LogP contribution in [-0.2, 0) is 9.53 Å². The lowest BCUT2D eigenvalue weighted by Gasteiger charge is -2.14. The molecule has 1 amide bonds. The molecule has 0 aromatic heterocycles. The molecule has 6 nitrogen and oxygen atoms in total. The Morgan fingerprint density at radius 3 is 2.57 bits per heavy atom. The fourth-order valence-electron chi connectivity index (χ4n) is 3.25. The maximum atomic E-state index is 11.9. The Hall–Kier alpha value is -1.30. The fraction of sp³-hybridized carbons (Fsp3) is 0.882. The van der Waals surface area contributed by atoms with Gasteiger partial charge < -0.3 is 20.7 Å². The molecule has 2 fully saturated rings. The summed E-state index contributed by atoms with van der Waals surface area (Å²) >= 11 is 0. The Kier molecular flexibility index (Phi) is 8.21. The number of guanidine groups is 1. The zero-order valence-corrected chi connectivity index (χ0v) is 14.4. The number of amides is 1. The molecule has 23 heavy (non-hydrogen) atoms. The first-order valence-corrected chi connectivity index (χ1v) is 9.18. The van der Waals surface area contributed by atoms with Crippen LogP contribution in [0.2, 0.25) is 0 Å². The molecular formula is C17H32N4O2. The average molecular weight is 324 g/mol. The first-order valence-electron chi connectivity index (χ1n) is 9.18. The van der Waals surface area contributed by atoms with Gasteiger partial charge in [-0.05, 0) is 38.5 Å². The fourth-order valence-corrected chi connectivity index (χ4v) is 3.25. The van der Waals surface area contributed by atoms with E-state index in [1.54, 1.807) is 0 Å². The SMILES string of the molecule is CCNC(=NCC1CCCO1)NCCNC(=O)CC1CCCC1. The minimum absolute atomic E-state index is 0.181. The molecule has 2 rings (SSSR count). The smallest absolute Gasteiger partial charge is 0.220 e. The van der Waals surface area contributed by atoms with E-state index in [2.05, 4.69) is 20.9 Å². The van der Waals surface area contributed by atoms with Crippen LogP contribution in [0.5, 0.6) is 0 Å². The molecule has 2 aliphatic rings. The second-order valence-corrected chi connectivity index (χ2v) is 6.49. The van der Waals surface area contributed by atoms with E-state index in [9.17, 15) is 4.79 Å². The van der Waals surface area contributed by atoms with Crippen molar-refractivity contribution in [2.75, 3.05) is 32.8 Å². The van der Waals surface area contributed by atoms with E-state index in [0.29, 0.717) is 32.0 Å². The van der Waals surface area contributed by atoms with Crippen molar-refractivity contribution in [3.05, 3.63) is 0 Å². The Labute approximate surface area is 139 Å². The maximum Gasteiger partial charge on any atom is 0.220 e. The summed E-state index contributed by atoms with van der Waals surface area (Å²) < 4.78 is 5.58. The van der Waals surface area contributed by atoms with Crippen LogP contribution in [0.3, 0.4) is 0 Å². The van der Waals surface area contributed by atoms with Gasteiger partial charge in [0.1, 0.15) is 0 Å². The number of rotatable bonds is 8. The van der Waals surface area contributed by atoms with Crippen molar-refractivity contribution in [2.45, 2.75) is 58.0 Å². The van der Waals surface area contributed by atoms with Crippen LogP contribution in [0.15, 0.2) is 4.99 Å². The van der Waals surface area contributed by atoms with Crippen molar-refractivity contribution >= 4 is 11.9 Å². The Morgan fingerprint density at radius 2 is 1.87 bits per heavy atom. The first-order chi connectivity index (χ1) is 11.3. The average Bonchev–Trinajstić information content (AvgIpc) is 3.22. The van der Waals surface area contributed by atoms with Crippen molar-refractivity contribution in [3.63, 3.8) is 0 Å². The zero-order valence-electron chi connectivity index (χ0n) is 14.4. The molecule has 0 aromatic carbocycles. The summed E-state index contributed by atoms with van der Waals surface area (Å²) in [6.07, 6.45) is 8.18. The molecule has 1 saturated heterocycles. The van der Waals surface area contributed by atoms with Crippen molar-refractivity contribution in [1.82, 2.24) is 16.0 Å². The summed E-state index contributed by atoms with van der Waals surface area (Å²) in [5, 5.41) is 9.48. The highest BCUT2D eigenvalue weighted by Crippen LogP contribution is 2.27. The largest absolute Gasteiger partial charge is 0.376 e. The van der Waals surface area contributed by atoms with Gasteiger partial charge in [-0.2, -0.15) is 0 Å². The number of nitrogens with zero attached hydrogens (tertiary/aromatic N) is 1. The monoisotopic (exact) mass is 324 g/mol. The highest BCUT2D eigenvalue weighted by molar-refractivity contribution is 5.80. The molecule has 1 heterocycles. The lowest BCUT2D eigenvalue weighted by Crippen LogP contribution is -2.42. The Bertz CT molecular complexity index is 375. The van der Waals surface area contributed by atoms with Crippen molar-refractivity contribution < 1.29 is 9.53 Å². The standard InChI is InChI=1S/C17H32N4O2/c1-2-18-17(21-13-15-8-5-11-23-15)20-10-9-19-16(22)12-14-6-3-4-7-14/h14-15H,2-13H2,1H3,(H,19,22)(H2,18,20,21). The van der Waals surface area contributed by atoms with Crippen molar-refractivity contribution in [3.8, 4) is 0 Å². The number of carbonyl (C=O) groups excluding carboxylic acids is 1. The highest BCUT2D eigenvalue weighted by atomic mass is 16.5. The van der Waals surface area contributed by atoms with Crippen LogP contribution >= 0.6 is 0 Å². The summed E-state index contributed by atoms with van der Waals surface area (Å²) in [4.78, 5) is 16.4. The molecule has 1 unspecified atom stereocenters. The van der Waals surface area contributed by atoms with E-state index in [0.717, 1.165) is 32.0 Å². The van der Waals surface area contributed by atoms with Crippen LogP contribution in [0.25, 0.3) is 0 Å². The molecule has 1 saturated carbocycles. The molecule has 132 valence electrons. The maximum absolute atomic E-state index is 11.9. The third-order valence-electron chi connectivity index (χ3n) is 4.51. The van der Waals surface area contributed by atoms with E-state index in [1.807, 2.05) is 6.92 Å². The van der Waals surface area contributed by atoms with Crippen LogP contribution in [0.1, 0.15) is 51.9 Å². The predicted octanol–water partition coefficient (Wildman–Crippen LogP) is 1.42. The second-order valence-electron chi connectivity index (χ2n) is 6.49. The molecule has 6 heteroatoms. The van der Waals surface area contributed by atoms with E-state index in [1.165, 1.54) is 25.7 Å². The van der Waals surface area contributed by atoms with Gasteiger partial charge in [-0.25, -0.2) is 0 Å². The minimum Gasteiger partial charge on any atom is -0.376 e. The van der Waals surface area contributed by atoms with Gasteiger partial charge in [-0.15, -0.1) is 0 Å². The van der Waals surface area contributed by atoms with Gasteiger partial charge in [-0.3, -0.25) is 9.79 Å². The summed E-state index contributed by atoms with van der Waals surface area (Å²) in [5.74, 6) is 1.58. The third kappa shape index (κ3) is 7.20. The number of aliphatic imine (C=N–C) groups is 1. The van der Waals surface area contributed by atoms with Gasteiger partial charge in [0.15, 0.2) is 5.96 Å². The second kappa shape index (κ2) is 10.5. The van der Waals surface area contributed by atoms with Crippen molar-refractivity contribution in [2.24, 2.45) is 10.9 Å². The molecule has 0 spiro atoms. The van der Waals surface area contributed by atoms with Gasteiger partial charge in [0.25, 0.3) is 0 Å². The molecule has 1 aliphatic carbocycles. The van der Waals surface area contributed by atoms with Gasteiger partial charge >= 0.3 is 0 Å². The summed E-state index contributed by atoms with van der Waals surface area (Å²) in [6, 6.07) is 0. The lowest BCUT2D eigenvalue weighted by atomic mass is 10.0. The normalized spacial score (nSPS) is 22.3. The number of carbonyl (C=O) groups is 1. The summed E-state index contributed by atoms with van der Waals surface area (Å²) in [6.45, 7) is 5.75. The topological polar surface area (TPSA) is 74.8 Å². The Balaban J connectivity index is 1.59.